The lowest BCUT2D eigenvalue weighted by atomic mass is 9.85. The summed E-state index contributed by atoms with van der Waals surface area (Å²) in [6.45, 7) is 10.2. The van der Waals surface area contributed by atoms with E-state index in [1.165, 1.54) is 12.1 Å². The van der Waals surface area contributed by atoms with Gasteiger partial charge in [0, 0.05) is 29.6 Å². The molecule has 1 aromatic heterocycles. The predicted octanol–water partition coefficient (Wildman–Crippen LogP) is 5.33. The summed E-state index contributed by atoms with van der Waals surface area (Å²) in [6.07, 6.45) is -0.184. The van der Waals surface area contributed by atoms with Gasteiger partial charge in [0.05, 0.1) is 12.7 Å². The van der Waals surface area contributed by atoms with Crippen LogP contribution in [0.5, 0.6) is 0 Å². The molecule has 0 bridgehead atoms. The Labute approximate surface area is 149 Å². The van der Waals surface area contributed by atoms with Crippen LogP contribution in [0.1, 0.15) is 75.1 Å². The van der Waals surface area contributed by atoms with E-state index in [1.54, 1.807) is 19.2 Å². The highest BCUT2D eigenvalue weighted by Gasteiger charge is 2.26. The van der Waals surface area contributed by atoms with Gasteiger partial charge in [-0.15, -0.1) is 0 Å². The van der Waals surface area contributed by atoms with Crippen LogP contribution in [-0.2, 0) is 11.3 Å². The van der Waals surface area contributed by atoms with Crippen LogP contribution in [0, 0.1) is 5.82 Å². The maximum absolute atomic E-state index is 13.4. The number of methoxy groups -OCH3 is 1. The van der Waals surface area contributed by atoms with Crippen molar-refractivity contribution in [2.75, 3.05) is 7.11 Å². The molecule has 0 saturated carbocycles. The fourth-order valence-corrected chi connectivity index (χ4v) is 3.23. The molecule has 0 aliphatic heterocycles. The first-order valence-electron chi connectivity index (χ1n) is 8.77. The summed E-state index contributed by atoms with van der Waals surface area (Å²) < 4.78 is 19.1. The number of ether oxygens (including phenoxy) is 1. The smallest absolute Gasteiger partial charge is 0.123 e. The largest absolute Gasteiger partial charge is 0.392 e. The summed E-state index contributed by atoms with van der Waals surface area (Å²) in [6, 6.07) is 6.40. The van der Waals surface area contributed by atoms with Gasteiger partial charge in [0.2, 0.25) is 0 Å². The van der Waals surface area contributed by atoms with Crippen LogP contribution in [0.2, 0.25) is 0 Å². The maximum Gasteiger partial charge on any atom is 0.123 e. The van der Waals surface area contributed by atoms with E-state index in [-0.39, 0.29) is 30.4 Å². The molecule has 0 spiro atoms. The SMILES string of the molecule is COC(C)c1c(C(C)C)nc(C(C)C)c(CO)c1-c1ccc(F)cc1. The molecule has 0 amide bonds. The van der Waals surface area contributed by atoms with Crippen molar-refractivity contribution in [3.63, 3.8) is 0 Å². The average Bonchev–Trinajstić information content (AvgIpc) is 2.59. The zero-order valence-electron chi connectivity index (χ0n) is 15.9. The van der Waals surface area contributed by atoms with E-state index in [0.717, 1.165) is 33.6 Å². The third-order valence-corrected chi connectivity index (χ3v) is 4.54. The highest BCUT2D eigenvalue weighted by atomic mass is 19.1. The van der Waals surface area contributed by atoms with Crippen LogP contribution < -0.4 is 0 Å². The Balaban J connectivity index is 2.94. The Bertz CT molecular complexity index is 724. The molecule has 1 unspecified atom stereocenters. The molecule has 1 aromatic carbocycles. The number of halogens is 1. The van der Waals surface area contributed by atoms with Crippen molar-refractivity contribution in [1.29, 1.82) is 0 Å². The van der Waals surface area contributed by atoms with Crippen LogP contribution in [0.25, 0.3) is 11.1 Å². The molecule has 0 aliphatic carbocycles. The minimum Gasteiger partial charge on any atom is -0.392 e. The van der Waals surface area contributed by atoms with Gasteiger partial charge in [-0.3, -0.25) is 4.98 Å². The number of benzene rings is 1. The molecule has 1 heterocycles. The Hall–Kier alpha value is -1.78. The number of pyridine rings is 1. The van der Waals surface area contributed by atoms with Crippen molar-refractivity contribution < 1.29 is 14.2 Å². The van der Waals surface area contributed by atoms with Gasteiger partial charge in [-0.1, -0.05) is 39.8 Å². The molecule has 2 aromatic rings. The Morgan fingerprint density at radius 2 is 1.56 bits per heavy atom. The Morgan fingerprint density at radius 1 is 1.00 bits per heavy atom. The molecule has 0 fully saturated rings. The van der Waals surface area contributed by atoms with E-state index >= 15 is 0 Å². The van der Waals surface area contributed by atoms with E-state index in [9.17, 15) is 9.50 Å². The van der Waals surface area contributed by atoms with Gasteiger partial charge in [-0.05, 0) is 42.0 Å². The van der Waals surface area contributed by atoms with Crippen molar-refractivity contribution in [2.45, 2.75) is 59.2 Å². The van der Waals surface area contributed by atoms with E-state index in [0.29, 0.717) is 0 Å². The number of hydrogen-bond donors (Lipinski definition) is 1. The van der Waals surface area contributed by atoms with Crippen molar-refractivity contribution >= 4 is 0 Å². The topological polar surface area (TPSA) is 42.4 Å². The lowest BCUT2D eigenvalue weighted by molar-refractivity contribution is 0.118. The monoisotopic (exact) mass is 345 g/mol. The number of rotatable bonds is 6. The van der Waals surface area contributed by atoms with Crippen LogP contribution in [0.15, 0.2) is 24.3 Å². The summed E-state index contributed by atoms with van der Waals surface area (Å²) in [7, 11) is 1.66. The molecule has 1 atom stereocenters. The van der Waals surface area contributed by atoms with Gasteiger partial charge < -0.3 is 9.84 Å². The zero-order valence-corrected chi connectivity index (χ0v) is 15.9. The second-order valence-corrected chi connectivity index (χ2v) is 7.00. The minimum atomic E-state index is -0.280. The maximum atomic E-state index is 13.4. The van der Waals surface area contributed by atoms with Crippen LogP contribution in [-0.4, -0.2) is 17.2 Å². The summed E-state index contributed by atoms with van der Waals surface area (Å²) in [5.74, 6) is 0.0978. The molecule has 1 N–H and O–H groups in total. The van der Waals surface area contributed by atoms with Gasteiger partial charge >= 0.3 is 0 Å². The van der Waals surface area contributed by atoms with Crippen LogP contribution in [0.4, 0.5) is 4.39 Å². The summed E-state index contributed by atoms with van der Waals surface area (Å²) in [5.41, 5.74) is 5.41. The number of hydrogen-bond acceptors (Lipinski definition) is 3. The number of aromatic nitrogens is 1. The van der Waals surface area contributed by atoms with Crippen molar-refractivity contribution in [1.82, 2.24) is 4.98 Å². The molecule has 0 radical (unpaired) electrons. The van der Waals surface area contributed by atoms with Gasteiger partial charge in [0.25, 0.3) is 0 Å². The first-order chi connectivity index (χ1) is 11.8. The quantitative estimate of drug-likeness (QED) is 0.769. The fraction of sp³-hybridized carbons (Fsp3) is 0.476. The number of aliphatic hydroxyl groups is 1. The number of aliphatic hydroxyl groups excluding tert-OH is 1. The molecule has 0 saturated heterocycles. The van der Waals surface area contributed by atoms with E-state index in [1.807, 2.05) is 6.92 Å². The molecule has 136 valence electrons. The standard InChI is InChI=1S/C21H28FNO2/c1-12(2)20-17(11-24)19(15-7-9-16(22)10-8-15)18(14(5)25-6)21(23-20)13(3)4/h7-10,12-14,24H,11H2,1-6H3. The van der Waals surface area contributed by atoms with Crippen LogP contribution >= 0.6 is 0 Å². The molecule has 0 aliphatic rings. The average molecular weight is 345 g/mol. The molecule has 25 heavy (non-hydrogen) atoms. The molecule has 2 rings (SSSR count). The molecule has 4 heteroatoms. The van der Waals surface area contributed by atoms with Gasteiger partial charge in [0.1, 0.15) is 5.82 Å². The van der Waals surface area contributed by atoms with Crippen molar-refractivity contribution in [3.8, 4) is 11.1 Å². The lowest BCUT2D eigenvalue weighted by Gasteiger charge is -2.26. The summed E-state index contributed by atoms with van der Waals surface area (Å²) >= 11 is 0. The van der Waals surface area contributed by atoms with E-state index in [2.05, 4.69) is 27.7 Å². The van der Waals surface area contributed by atoms with Crippen molar-refractivity contribution in [3.05, 3.63) is 52.6 Å². The second-order valence-electron chi connectivity index (χ2n) is 7.00. The normalized spacial score (nSPS) is 12.9. The highest BCUT2D eigenvalue weighted by molar-refractivity contribution is 5.73. The van der Waals surface area contributed by atoms with Gasteiger partial charge in [0.15, 0.2) is 0 Å². The van der Waals surface area contributed by atoms with E-state index < -0.39 is 0 Å². The van der Waals surface area contributed by atoms with Crippen molar-refractivity contribution in [2.24, 2.45) is 0 Å². The second kappa shape index (κ2) is 8.07. The lowest BCUT2D eigenvalue weighted by Crippen LogP contribution is -2.14. The summed E-state index contributed by atoms with van der Waals surface area (Å²) in [4.78, 5) is 4.90. The third-order valence-electron chi connectivity index (χ3n) is 4.54. The Morgan fingerprint density at radius 3 is 2.00 bits per heavy atom. The zero-order chi connectivity index (χ0) is 18.7. The molecule has 3 nitrogen and oxygen atoms in total. The first kappa shape index (κ1) is 19.5. The first-order valence-corrected chi connectivity index (χ1v) is 8.77. The minimum absolute atomic E-state index is 0.116. The summed E-state index contributed by atoms with van der Waals surface area (Å²) in [5, 5.41) is 10.1. The Kier molecular flexibility index (Phi) is 6.31. The molecular formula is C21H28FNO2. The predicted molar refractivity (Wildman–Crippen MR) is 99.2 cm³/mol. The van der Waals surface area contributed by atoms with Crippen LogP contribution in [0.3, 0.4) is 0 Å². The fourth-order valence-electron chi connectivity index (χ4n) is 3.23. The highest BCUT2D eigenvalue weighted by Crippen LogP contribution is 2.40. The number of nitrogens with zero attached hydrogens (tertiary/aromatic N) is 1. The van der Waals surface area contributed by atoms with Gasteiger partial charge in [-0.25, -0.2) is 4.39 Å². The third kappa shape index (κ3) is 3.91. The molecular weight excluding hydrogens is 317 g/mol. The van der Waals surface area contributed by atoms with Gasteiger partial charge in [-0.2, -0.15) is 0 Å². The van der Waals surface area contributed by atoms with E-state index in [4.69, 9.17) is 9.72 Å².